The van der Waals surface area contributed by atoms with Gasteiger partial charge >= 0.3 is 12.1 Å². The van der Waals surface area contributed by atoms with Crippen LogP contribution in [0.15, 0.2) is 12.1 Å². The maximum absolute atomic E-state index is 12.9. The van der Waals surface area contributed by atoms with E-state index in [4.69, 9.17) is 19.2 Å². The fourth-order valence-electron chi connectivity index (χ4n) is 4.98. The summed E-state index contributed by atoms with van der Waals surface area (Å²) in [5.41, 5.74) is 1.93. The minimum atomic E-state index is -5.05. The number of nitrogens with zero attached hydrogens (tertiary/aromatic N) is 2. The van der Waals surface area contributed by atoms with E-state index in [1.165, 1.54) is 20.0 Å². The molecule has 7 nitrogen and oxygen atoms in total. The summed E-state index contributed by atoms with van der Waals surface area (Å²) in [5.74, 6) is -0.529. The average molecular weight is 494 g/mol. The molecule has 2 aromatic rings. The number of anilines is 1. The number of likely N-dealkylation sites (tertiary alicyclic amines) is 1. The van der Waals surface area contributed by atoms with Gasteiger partial charge in [-0.15, -0.1) is 0 Å². The molecule has 1 saturated heterocycles. The number of methoxy groups -OCH3 is 1. The van der Waals surface area contributed by atoms with Crippen LogP contribution in [-0.4, -0.2) is 61.4 Å². The molecular weight excluding hydrogens is 463 g/mol. The molecule has 190 valence electrons. The Labute approximate surface area is 201 Å². The lowest BCUT2D eigenvalue weighted by molar-refractivity contribution is -0.205. The van der Waals surface area contributed by atoms with E-state index in [1.54, 1.807) is 12.1 Å². The Kier molecular flexibility index (Phi) is 6.65. The summed E-state index contributed by atoms with van der Waals surface area (Å²) in [6.45, 7) is 3.75. The van der Waals surface area contributed by atoms with Crippen LogP contribution >= 0.6 is 0 Å². The molecule has 1 N–H and O–H groups in total. The van der Waals surface area contributed by atoms with Crippen LogP contribution in [0.4, 0.5) is 19.0 Å². The molecule has 35 heavy (non-hydrogen) atoms. The second kappa shape index (κ2) is 9.72. The standard InChI is InChI=1S/C25H30F3N3O4/c1-33-20-13-17-18(14-21(20)34-12-4-11-31-9-2-3-10-31)30-23(29-15-5-6-15)16-7-8-19(22(16)17)35-24(32)25(26,27)28/h13-15,19H,2-12H2,1H3,(H,29,30). The van der Waals surface area contributed by atoms with Gasteiger partial charge in [0.2, 0.25) is 0 Å². The normalized spacial score (nSPS) is 20.2. The van der Waals surface area contributed by atoms with E-state index in [1.807, 2.05) is 0 Å². The molecule has 2 fully saturated rings. The molecule has 0 bridgehead atoms. The Hall–Kier alpha value is -2.75. The van der Waals surface area contributed by atoms with Gasteiger partial charge in [0.15, 0.2) is 11.5 Å². The lowest BCUT2D eigenvalue weighted by Crippen LogP contribution is -2.26. The molecule has 0 amide bonds. The summed E-state index contributed by atoms with van der Waals surface area (Å²) < 4.78 is 55.3. The van der Waals surface area contributed by atoms with Gasteiger partial charge in [-0.25, -0.2) is 9.78 Å². The maximum Gasteiger partial charge on any atom is 0.490 e. The van der Waals surface area contributed by atoms with Gasteiger partial charge in [-0.2, -0.15) is 13.2 Å². The molecule has 10 heteroatoms. The van der Waals surface area contributed by atoms with Crippen LogP contribution in [0.2, 0.25) is 0 Å². The summed E-state index contributed by atoms with van der Waals surface area (Å²) in [6, 6.07) is 3.81. The highest BCUT2D eigenvalue weighted by molar-refractivity contribution is 5.90. The lowest BCUT2D eigenvalue weighted by Gasteiger charge is -2.20. The van der Waals surface area contributed by atoms with E-state index in [0.717, 1.165) is 44.5 Å². The highest BCUT2D eigenvalue weighted by Gasteiger charge is 2.44. The van der Waals surface area contributed by atoms with Crippen molar-refractivity contribution in [3.05, 3.63) is 23.3 Å². The van der Waals surface area contributed by atoms with E-state index >= 15 is 0 Å². The predicted molar refractivity (Wildman–Crippen MR) is 124 cm³/mol. The highest BCUT2D eigenvalue weighted by atomic mass is 19.4. The first kappa shape index (κ1) is 24.0. The van der Waals surface area contributed by atoms with Crippen molar-refractivity contribution in [1.82, 2.24) is 9.88 Å². The Balaban J connectivity index is 1.44. The number of nitrogens with one attached hydrogen (secondary N) is 1. The van der Waals surface area contributed by atoms with Crippen molar-refractivity contribution in [2.75, 3.05) is 38.7 Å². The number of hydrogen-bond acceptors (Lipinski definition) is 7. The summed E-state index contributed by atoms with van der Waals surface area (Å²) in [7, 11) is 1.52. The molecule has 1 aromatic carbocycles. The van der Waals surface area contributed by atoms with Crippen molar-refractivity contribution in [2.24, 2.45) is 0 Å². The Morgan fingerprint density at radius 3 is 2.63 bits per heavy atom. The second-order valence-corrected chi connectivity index (χ2v) is 9.47. The van der Waals surface area contributed by atoms with Crippen molar-refractivity contribution in [2.45, 2.75) is 63.3 Å². The average Bonchev–Trinajstić information content (AvgIpc) is 3.29. The zero-order valence-corrected chi connectivity index (χ0v) is 19.7. The zero-order valence-electron chi connectivity index (χ0n) is 19.7. The molecule has 1 saturated carbocycles. The van der Waals surface area contributed by atoms with Gasteiger partial charge in [-0.3, -0.25) is 0 Å². The van der Waals surface area contributed by atoms with Gasteiger partial charge < -0.3 is 24.4 Å². The number of ether oxygens (including phenoxy) is 3. The molecule has 2 heterocycles. The van der Waals surface area contributed by atoms with Crippen LogP contribution in [0.25, 0.3) is 10.9 Å². The molecule has 0 spiro atoms. The monoisotopic (exact) mass is 493 g/mol. The predicted octanol–water partition coefficient (Wildman–Crippen LogP) is 4.78. The maximum atomic E-state index is 12.9. The molecule has 2 aliphatic carbocycles. The van der Waals surface area contributed by atoms with Crippen LogP contribution < -0.4 is 14.8 Å². The van der Waals surface area contributed by atoms with Gasteiger partial charge in [0.1, 0.15) is 11.9 Å². The number of benzene rings is 1. The van der Waals surface area contributed by atoms with Crippen molar-refractivity contribution >= 4 is 22.7 Å². The van der Waals surface area contributed by atoms with E-state index in [-0.39, 0.29) is 6.42 Å². The number of aromatic nitrogens is 1. The second-order valence-electron chi connectivity index (χ2n) is 9.47. The van der Waals surface area contributed by atoms with Crippen LogP contribution in [0.3, 0.4) is 0 Å². The van der Waals surface area contributed by atoms with Gasteiger partial charge in [0, 0.05) is 35.2 Å². The molecule has 1 aliphatic heterocycles. The van der Waals surface area contributed by atoms with Gasteiger partial charge in [0.25, 0.3) is 0 Å². The summed E-state index contributed by atoms with van der Waals surface area (Å²) in [4.78, 5) is 18.9. The number of pyridine rings is 1. The largest absolute Gasteiger partial charge is 0.493 e. The zero-order chi connectivity index (χ0) is 24.6. The third-order valence-corrected chi connectivity index (χ3v) is 6.87. The number of carbonyl (C=O) groups excluding carboxylic acids is 1. The van der Waals surface area contributed by atoms with Gasteiger partial charge in [0.05, 0.1) is 19.2 Å². The third-order valence-electron chi connectivity index (χ3n) is 6.87. The molecule has 5 rings (SSSR count). The number of esters is 1. The smallest absolute Gasteiger partial charge is 0.490 e. The van der Waals surface area contributed by atoms with Crippen molar-refractivity contribution in [3.63, 3.8) is 0 Å². The molecule has 1 aromatic heterocycles. The van der Waals surface area contributed by atoms with Crippen molar-refractivity contribution in [3.8, 4) is 11.5 Å². The first-order chi connectivity index (χ1) is 16.8. The van der Waals surface area contributed by atoms with Crippen LogP contribution in [-0.2, 0) is 16.0 Å². The molecule has 3 aliphatic rings. The number of carbonyl (C=O) groups is 1. The van der Waals surface area contributed by atoms with Crippen LogP contribution in [0, 0.1) is 0 Å². The minimum Gasteiger partial charge on any atom is -0.493 e. The first-order valence-electron chi connectivity index (χ1n) is 12.3. The Bertz CT molecular complexity index is 1100. The number of alkyl halides is 3. The van der Waals surface area contributed by atoms with E-state index < -0.39 is 18.2 Å². The number of rotatable bonds is 9. The Morgan fingerprint density at radius 2 is 1.94 bits per heavy atom. The number of halogens is 3. The number of fused-ring (bicyclic) bond motifs is 3. The fraction of sp³-hybridized carbons (Fsp3) is 0.600. The van der Waals surface area contributed by atoms with Gasteiger partial charge in [-0.1, -0.05) is 0 Å². The van der Waals surface area contributed by atoms with E-state index in [0.29, 0.717) is 52.9 Å². The summed E-state index contributed by atoms with van der Waals surface area (Å²) in [6.07, 6.45) is 0.106. The SMILES string of the molecule is COc1cc2c3c(c(NC4CC4)nc2cc1OCCCN1CCCC1)CCC3OC(=O)C(F)(F)F. The van der Waals surface area contributed by atoms with E-state index in [9.17, 15) is 18.0 Å². The van der Waals surface area contributed by atoms with Gasteiger partial charge in [-0.05, 0) is 64.1 Å². The summed E-state index contributed by atoms with van der Waals surface area (Å²) >= 11 is 0. The quantitative estimate of drug-likeness (QED) is 0.398. The van der Waals surface area contributed by atoms with Crippen molar-refractivity contribution < 1.29 is 32.2 Å². The van der Waals surface area contributed by atoms with Crippen LogP contribution in [0.5, 0.6) is 11.5 Å². The first-order valence-corrected chi connectivity index (χ1v) is 12.3. The topological polar surface area (TPSA) is 72.9 Å². The molecular formula is C25H30F3N3O4. The lowest BCUT2D eigenvalue weighted by atomic mass is 10.0. The number of hydrogen-bond donors (Lipinski definition) is 1. The Morgan fingerprint density at radius 1 is 1.17 bits per heavy atom. The van der Waals surface area contributed by atoms with E-state index in [2.05, 4.69) is 10.2 Å². The molecule has 1 atom stereocenters. The van der Waals surface area contributed by atoms with Crippen molar-refractivity contribution in [1.29, 1.82) is 0 Å². The fourth-order valence-corrected chi connectivity index (χ4v) is 4.98. The highest BCUT2D eigenvalue weighted by Crippen LogP contribution is 2.45. The third kappa shape index (κ3) is 5.27. The minimum absolute atomic E-state index is 0.272. The van der Waals surface area contributed by atoms with Crippen LogP contribution in [0.1, 0.15) is 55.8 Å². The molecule has 1 unspecified atom stereocenters. The molecule has 0 radical (unpaired) electrons. The summed E-state index contributed by atoms with van der Waals surface area (Å²) in [5, 5.41) is 4.00.